The number of nitrogens with one attached hydrogen (secondary N) is 1. The van der Waals surface area contributed by atoms with Crippen molar-refractivity contribution in [2.75, 3.05) is 31.5 Å². The van der Waals surface area contributed by atoms with Gasteiger partial charge in [-0.25, -0.2) is 4.79 Å². The van der Waals surface area contributed by atoms with E-state index in [1.807, 2.05) is 12.1 Å². The van der Waals surface area contributed by atoms with Gasteiger partial charge in [0.2, 0.25) is 0 Å². The number of rotatable bonds is 4. The van der Waals surface area contributed by atoms with Gasteiger partial charge < -0.3 is 15.0 Å². The molecule has 0 bridgehead atoms. The Labute approximate surface area is 154 Å². The van der Waals surface area contributed by atoms with Crippen molar-refractivity contribution in [1.82, 2.24) is 14.8 Å². The molecular weight excluding hydrogens is 361 g/mol. The van der Waals surface area contributed by atoms with E-state index in [4.69, 9.17) is 0 Å². The Morgan fingerprint density at radius 3 is 2.26 bits per heavy atom. The number of piperazine rings is 1. The second kappa shape index (κ2) is 8.26. The quantitative estimate of drug-likeness (QED) is 0.884. The van der Waals surface area contributed by atoms with E-state index in [2.05, 4.69) is 19.9 Å². The summed E-state index contributed by atoms with van der Waals surface area (Å²) in [7, 11) is 0. The van der Waals surface area contributed by atoms with Crippen LogP contribution in [0.2, 0.25) is 0 Å². The highest BCUT2D eigenvalue weighted by atomic mass is 19.4. The lowest BCUT2D eigenvalue weighted by Gasteiger charge is -2.34. The zero-order chi connectivity index (χ0) is 19.3. The van der Waals surface area contributed by atoms with E-state index in [1.165, 1.54) is 17.7 Å². The van der Waals surface area contributed by atoms with Gasteiger partial charge in [-0.3, -0.25) is 9.88 Å². The minimum Gasteiger partial charge on any atom is -0.406 e. The fraction of sp³-hybridized carbons (Fsp3) is 0.333. The fourth-order valence-corrected chi connectivity index (χ4v) is 2.80. The molecule has 2 heterocycles. The summed E-state index contributed by atoms with van der Waals surface area (Å²) in [5.74, 6) is -0.328. The summed E-state index contributed by atoms with van der Waals surface area (Å²) in [6, 6.07) is 8.72. The maximum atomic E-state index is 12.3. The number of benzene rings is 1. The summed E-state index contributed by atoms with van der Waals surface area (Å²) < 4.78 is 40.3. The number of carbonyl (C=O) groups excluding carboxylic acids is 1. The van der Waals surface area contributed by atoms with Crippen LogP contribution in [0.15, 0.2) is 48.8 Å². The molecular formula is C18H19F3N4O2. The Bertz CT molecular complexity index is 745. The van der Waals surface area contributed by atoms with Crippen molar-refractivity contribution in [3.05, 3.63) is 54.4 Å². The van der Waals surface area contributed by atoms with Crippen LogP contribution in [0.3, 0.4) is 0 Å². The average Bonchev–Trinajstić information content (AvgIpc) is 2.63. The Kier molecular flexibility index (Phi) is 5.80. The molecule has 1 fully saturated rings. The van der Waals surface area contributed by atoms with Crippen molar-refractivity contribution in [1.29, 1.82) is 0 Å². The number of amides is 2. The molecule has 0 spiro atoms. The second-order valence-corrected chi connectivity index (χ2v) is 6.12. The molecule has 1 aromatic heterocycles. The highest BCUT2D eigenvalue weighted by Gasteiger charge is 2.31. The van der Waals surface area contributed by atoms with Crippen molar-refractivity contribution in [2.45, 2.75) is 12.9 Å². The summed E-state index contributed by atoms with van der Waals surface area (Å²) in [5, 5.41) is 2.69. The number of ether oxygens (including phenoxy) is 1. The lowest BCUT2D eigenvalue weighted by Crippen LogP contribution is -2.49. The van der Waals surface area contributed by atoms with Crippen LogP contribution >= 0.6 is 0 Å². The number of anilines is 1. The van der Waals surface area contributed by atoms with Crippen molar-refractivity contribution in [3.8, 4) is 5.75 Å². The number of halogens is 3. The molecule has 0 atom stereocenters. The van der Waals surface area contributed by atoms with Crippen LogP contribution in [0.4, 0.5) is 23.7 Å². The first-order valence-corrected chi connectivity index (χ1v) is 8.42. The zero-order valence-electron chi connectivity index (χ0n) is 14.4. The van der Waals surface area contributed by atoms with Crippen molar-refractivity contribution in [3.63, 3.8) is 0 Å². The highest BCUT2D eigenvalue weighted by Crippen LogP contribution is 2.24. The SMILES string of the molecule is O=C(Nc1ccc(OC(F)(F)F)cc1)N1CCN(Cc2ccncc2)CC1. The second-order valence-electron chi connectivity index (χ2n) is 6.12. The first-order valence-electron chi connectivity index (χ1n) is 8.42. The van der Waals surface area contributed by atoms with Gasteiger partial charge in [0.25, 0.3) is 0 Å². The van der Waals surface area contributed by atoms with Gasteiger partial charge in [0.15, 0.2) is 0 Å². The third-order valence-corrected chi connectivity index (χ3v) is 4.15. The lowest BCUT2D eigenvalue weighted by atomic mass is 10.2. The van der Waals surface area contributed by atoms with Gasteiger partial charge >= 0.3 is 12.4 Å². The number of hydrogen-bond donors (Lipinski definition) is 1. The van der Waals surface area contributed by atoms with Crippen LogP contribution in [0, 0.1) is 0 Å². The van der Waals surface area contributed by atoms with Gasteiger partial charge in [-0.2, -0.15) is 0 Å². The number of carbonyl (C=O) groups is 1. The van der Waals surface area contributed by atoms with E-state index in [0.29, 0.717) is 18.8 Å². The van der Waals surface area contributed by atoms with E-state index in [-0.39, 0.29) is 11.8 Å². The van der Waals surface area contributed by atoms with Gasteiger partial charge in [-0.15, -0.1) is 13.2 Å². The molecule has 144 valence electrons. The van der Waals surface area contributed by atoms with Crippen LogP contribution in [0.1, 0.15) is 5.56 Å². The maximum Gasteiger partial charge on any atom is 0.573 e. The Morgan fingerprint density at radius 2 is 1.67 bits per heavy atom. The molecule has 2 amide bonds. The number of nitrogens with zero attached hydrogens (tertiary/aromatic N) is 3. The smallest absolute Gasteiger partial charge is 0.406 e. The molecule has 2 aromatic rings. The van der Waals surface area contributed by atoms with E-state index in [1.54, 1.807) is 17.3 Å². The van der Waals surface area contributed by atoms with Crippen LogP contribution in [0.5, 0.6) is 5.75 Å². The number of hydrogen-bond acceptors (Lipinski definition) is 4. The molecule has 27 heavy (non-hydrogen) atoms. The summed E-state index contributed by atoms with van der Waals surface area (Å²) in [6.45, 7) is 3.44. The summed E-state index contributed by atoms with van der Waals surface area (Å²) in [4.78, 5) is 20.3. The monoisotopic (exact) mass is 380 g/mol. The molecule has 9 heteroatoms. The lowest BCUT2D eigenvalue weighted by molar-refractivity contribution is -0.274. The molecule has 0 radical (unpaired) electrons. The average molecular weight is 380 g/mol. The van der Waals surface area contributed by atoms with Crippen molar-refractivity contribution >= 4 is 11.7 Å². The molecule has 1 aliphatic rings. The maximum absolute atomic E-state index is 12.3. The standard InChI is InChI=1S/C18H19F3N4O2/c19-18(20,21)27-16-3-1-15(2-4-16)23-17(26)25-11-9-24(10-12-25)13-14-5-7-22-8-6-14/h1-8H,9-13H2,(H,23,26). The molecule has 1 N–H and O–H groups in total. The number of alkyl halides is 3. The van der Waals surface area contributed by atoms with Gasteiger partial charge in [-0.1, -0.05) is 0 Å². The first-order chi connectivity index (χ1) is 12.9. The first kappa shape index (κ1) is 19.0. The highest BCUT2D eigenvalue weighted by molar-refractivity contribution is 5.89. The Morgan fingerprint density at radius 1 is 1.04 bits per heavy atom. The third-order valence-electron chi connectivity index (χ3n) is 4.15. The predicted octanol–water partition coefficient (Wildman–Crippen LogP) is 3.33. The van der Waals surface area contributed by atoms with Gasteiger partial charge in [-0.05, 0) is 42.0 Å². The van der Waals surface area contributed by atoms with Gasteiger partial charge in [0.05, 0.1) is 0 Å². The van der Waals surface area contributed by atoms with Crippen LogP contribution in [0.25, 0.3) is 0 Å². The molecule has 3 rings (SSSR count). The third kappa shape index (κ3) is 5.85. The predicted molar refractivity (Wildman–Crippen MR) is 93.2 cm³/mol. The molecule has 0 saturated carbocycles. The van der Waals surface area contributed by atoms with E-state index < -0.39 is 6.36 Å². The number of aromatic nitrogens is 1. The molecule has 0 unspecified atom stereocenters. The van der Waals surface area contributed by atoms with E-state index in [0.717, 1.165) is 31.8 Å². The topological polar surface area (TPSA) is 57.7 Å². The molecule has 1 aliphatic heterocycles. The Hall–Kier alpha value is -2.81. The van der Waals surface area contributed by atoms with Crippen molar-refractivity contribution < 1.29 is 22.7 Å². The van der Waals surface area contributed by atoms with Crippen LogP contribution in [-0.2, 0) is 6.54 Å². The molecule has 0 aliphatic carbocycles. The number of pyridine rings is 1. The summed E-state index contributed by atoms with van der Waals surface area (Å²) in [6.07, 6.45) is -1.23. The summed E-state index contributed by atoms with van der Waals surface area (Å²) >= 11 is 0. The number of urea groups is 1. The van der Waals surface area contributed by atoms with Crippen LogP contribution < -0.4 is 10.1 Å². The van der Waals surface area contributed by atoms with Crippen molar-refractivity contribution in [2.24, 2.45) is 0 Å². The van der Waals surface area contributed by atoms with Crippen LogP contribution in [-0.4, -0.2) is 53.4 Å². The summed E-state index contributed by atoms with van der Waals surface area (Å²) in [5.41, 5.74) is 1.58. The largest absolute Gasteiger partial charge is 0.573 e. The van der Waals surface area contributed by atoms with E-state index >= 15 is 0 Å². The molecule has 1 saturated heterocycles. The Balaban J connectivity index is 1.46. The van der Waals surface area contributed by atoms with Gasteiger partial charge in [0, 0.05) is 50.8 Å². The zero-order valence-corrected chi connectivity index (χ0v) is 14.4. The normalized spacial score (nSPS) is 15.4. The van der Waals surface area contributed by atoms with Gasteiger partial charge in [0.1, 0.15) is 5.75 Å². The molecule has 1 aromatic carbocycles. The molecule has 6 nitrogen and oxygen atoms in total. The van der Waals surface area contributed by atoms with E-state index in [9.17, 15) is 18.0 Å². The minimum absolute atomic E-state index is 0.275. The minimum atomic E-state index is -4.74. The fourth-order valence-electron chi connectivity index (χ4n) is 2.80.